The summed E-state index contributed by atoms with van der Waals surface area (Å²) in [7, 11) is -2.04. The van der Waals surface area contributed by atoms with Gasteiger partial charge in [-0.25, -0.2) is 13.1 Å². The van der Waals surface area contributed by atoms with Gasteiger partial charge in [0.05, 0.1) is 16.2 Å². The summed E-state index contributed by atoms with van der Waals surface area (Å²) in [4.78, 5) is 23.5. The highest BCUT2D eigenvalue weighted by Gasteiger charge is 2.26. The van der Waals surface area contributed by atoms with Gasteiger partial charge in [0.15, 0.2) is 0 Å². The number of likely N-dealkylation sites (N-methyl/N-ethyl adjacent to an activating group) is 1. The van der Waals surface area contributed by atoms with Crippen molar-refractivity contribution in [2.45, 2.75) is 17.7 Å². The number of nitro groups is 1. The van der Waals surface area contributed by atoms with E-state index in [4.69, 9.17) is 0 Å². The molecule has 0 spiro atoms. The van der Waals surface area contributed by atoms with Gasteiger partial charge in [0.25, 0.3) is 5.69 Å². The van der Waals surface area contributed by atoms with E-state index in [2.05, 4.69) is 4.72 Å². The van der Waals surface area contributed by atoms with Crippen LogP contribution in [0.4, 0.5) is 11.4 Å². The average molecular weight is 375 g/mol. The number of fused-ring (bicyclic) bond motifs is 1. The van der Waals surface area contributed by atoms with Crippen molar-refractivity contribution in [1.29, 1.82) is 0 Å². The van der Waals surface area contributed by atoms with Crippen molar-refractivity contribution in [1.82, 2.24) is 4.72 Å². The summed E-state index contributed by atoms with van der Waals surface area (Å²) in [5.41, 5.74) is 2.20. The fourth-order valence-corrected chi connectivity index (χ4v) is 3.89. The van der Waals surface area contributed by atoms with Crippen LogP contribution in [0.3, 0.4) is 0 Å². The molecule has 9 heteroatoms. The molecule has 1 N–H and O–H groups in total. The number of carbonyl (C=O) groups excluding carboxylic acids is 1. The number of hydrogen-bond donors (Lipinski definition) is 1. The molecule has 2 aromatic carbocycles. The fourth-order valence-electron chi connectivity index (χ4n) is 2.81. The van der Waals surface area contributed by atoms with Crippen molar-refractivity contribution in [3.8, 4) is 0 Å². The van der Waals surface area contributed by atoms with Gasteiger partial charge in [-0.3, -0.25) is 14.9 Å². The zero-order chi connectivity index (χ0) is 18.9. The third-order valence-electron chi connectivity index (χ3n) is 4.29. The molecule has 0 atom stereocenters. The number of hydrogen-bond acceptors (Lipinski definition) is 5. The highest BCUT2D eigenvalue weighted by atomic mass is 32.2. The summed E-state index contributed by atoms with van der Waals surface area (Å²) in [6.45, 7) is 0.163. The van der Waals surface area contributed by atoms with Crippen molar-refractivity contribution >= 4 is 27.3 Å². The standard InChI is InChI=1S/C17H17N3O5S/c1-19-16-7-6-15(10-13(16)11-17(19)21)26(24,25)18-9-8-12-2-4-14(5-3-12)20(22)23/h2-7,10,18H,8-9,11H2,1H3. The molecule has 0 unspecified atom stereocenters. The normalized spacial score (nSPS) is 13.7. The van der Waals surface area contributed by atoms with Crippen LogP contribution in [0.2, 0.25) is 0 Å². The summed E-state index contributed by atoms with van der Waals surface area (Å²) in [5, 5.41) is 10.6. The number of amides is 1. The van der Waals surface area contributed by atoms with Crippen molar-refractivity contribution in [2.75, 3.05) is 18.5 Å². The molecule has 136 valence electrons. The van der Waals surface area contributed by atoms with Crippen LogP contribution in [0.1, 0.15) is 11.1 Å². The summed E-state index contributed by atoms with van der Waals surface area (Å²) < 4.78 is 27.4. The van der Waals surface area contributed by atoms with E-state index in [1.807, 2.05) is 0 Å². The molecule has 0 radical (unpaired) electrons. The number of nitrogens with zero attached hydrogens (tertiary/aromatic N) is 2. The van der Waals surface area contributed by atoms with Gasteiger partial charge in [0.2, 0.25) is 15.9 Å². The SMILES string of the molecule is CN1C(=O)Cc2cc(S(=O)(=O)NCCc3ccc([N+](=O)[O-])cc3)ccc21. The van der Waals surface area contributed by atoms with Crippen molar-refractivity contribution in [3.05, 3.63) is 63.7 Å². The number of nitrogens with one attached hydrogen (secondary N) is 1. The number of anilines is 1. The molecule has 0 saturated heterocycles. The lowest BCUT2D eigenvalue weighted by molar-refractivity contribution is -0.384. The molecular weight excluding hydrogens is 358 g/mol. The van der Waals surface area contributed by atoms with Gasteiger partial charge in [-0.15, -0.1) is 0 Å². The predicted octanol–water partition coefficient (Wildman–Crippen LogP) is 1.63. The molecule has 0 aliphatic carbocycles. The van der Waals surface area contributed by atoms with E-state index in [9.17, 15) is 23.3 Å². The lowest BCUT2D eigenvalue weighted by Gasteiger charge is -2.11. The van der Waals surface area contributed by atoms with Crippen LogP contribution in [0.15, 0.2) is 47.4 Å². The quantitative estimate of drug-likeness (QED) is 0.610. The van der Waals surface area contributed by atoms with E-state index >= 15 is 0 Å². The monoisotopic (exact) mass is 375 g/mol. The summed E-state index contributed by atoms with van der Waals surface area (Å²) in [5.74, 6) is -0.0688. The number of rotatable bonds is 6. The third-order valence-corrected chi connectivity index (χ3v) is 5.75. The number of sulfonamides is 1. The first kappa shape index (κ1) is 18.0. The second-order valence-corrected chi connectivity index (χ2v) is 7.76. The zero-order valence-corrected chi connectivity index (χ0v) is 14.8. The van der Waals surface area contributed by atoms with Crippen molar-refractivity contribution in [3.63, 3.8) is 0 Å². The Morgan fingerprint density at radius 3 is 2.54 bits per heavy atom. The molecule has 26 heavy (non-hydrogen) atoms. The van der Waals surface area contributed by atoms with E-state index < -0.39 is 14.9 Å². The maximum absolute atomic E-state index is 12.4. The zero-order valence-electron chi connectivity index (χ0n) is 14.0. The van der Waals surface area contributed by atoms with Crippen LogP contribution < -0.4 is 9.62 Å². The molecule has 1 amide bonds. The highest BCUT2D eigenvalue weighted by Crippen LogP contribution is 2.29. The maximum Gasteiger partial charge on any atom is 0.269 e. The molecule has 2 aromatic rings. The second kappa shape index (κ2) is 6.85. The molecule has 0 bridgehead atoms. The third kappa shape index (κ3) is 3.58. The lowest BCUT2D eigenvalue weighted by Crippen LogP contribution is -2.26. The minimum absolute atomic E-state index is 0.00742. The van der Waals surface area contributed by atoms with Gasteiger partial charge >= 0.3 is 0 Å². The van der Waals surface area contributed by atoms with E-state index in [1.165, 1.54) is 29.2 Å². The molecule has 0 fully saturated rings. The van der Waals surface area contributed by atoms with Crippen LogP contribution in [-0.2, 0) is 27.7 Å². The Hall–Kier alpha value is -2.78. The smallest absolute Gasteiger partial charge is 0.269 e. The average Bonchev–Trinajstić information content (AvgIpc) is 2.89. The van der Waals surface area contributed by atoms with Crippen LogP contribution in [0.5, 0.6) is 0 Å². The van der Waals surface area contributed by atoms with E-state index in [0.29, 0.717) is 12.0 Å². The first-order valence-corrected chi connectivity index (χ1v) is 9.39. The Bertz CT molecular complexity index is 970. The Morgan fingerprint density at radius 2 is 1.88 bits per heavy atom. The van der Waals surface area contributed by atoms with Gasteiger partial charge in [0.1, 0.15) is 0 Å². The maximum atomic E-state index is 12.4. The van der Waals surface area contributed by atoms with Crippen LogP contribution in [0.25, 0.3) is 0 Å². The van der Waals surface area contributed by atoms with Crippen LogP contribution >= 0.6 is 0 Å². The topological polar surface area (TPSA) is 110 Å². The minimum atomic E-state index is -3.70. The Labute approximate surface area is 150 Å². The molecule has 0 saturated carbocycles. The largest absolute Gasteiger partial charge is 0.315 e. The first-order chi connectivity index (χ1) is 12.3. The highest BCUT2D eigenvalue weighted by molar-refractivity contribution is 7.89. The van der Waals surface area contributed by atoms with Gasteiger partial charge in [-0.1, -0.05) is 12.1 Å². The minimum Gasteiger partial charge on any atom is -0.315 e. The van der Waals surface area contributed by atoms with Gasteiger partial charge in [-0.05, 0) is 35.7 Å². The fraction of sp³-hybridized carbons (Fsp3) is 0.235. The van der Waals surface area contributed by atoms with Gasteiger partial charge in [-0.2, -0.15) is 0 Å². The first-order valence-electron chi connectivity index (χ1n) is 7.90. The number of benzene rings is 2. The van der Waals surface area contributed by atoms with Crippen molar-refractivity contribution in [2.24, 2.45) is 0 Å². The molecule has 8 nitrogen and oxygen atoms in total. The Morgan fingerprint density at radius 1 is 1.19 bits per heavy atom. The Balaban J connectivity index is 1.65. The molecule has 1 aliphatic rings. The van der Waals surface area contributed by atoms with E-state index in [1.54, 1.807) is 25.2 Å². The molecule has 1 aliphatic heterocycles. The molecule has 3 rings (SSSR count). The van der Waals surface area contributed by atoms with Gasteiger partial charge < -0.3 is 4.90 Å². The van der Waals surface area contributed by atoms with Crippen LogP contribution in [0, 0.1) is 10.1 Å². The predicted molar refractivity (Wildman–Crippen MR) is 95.5 cm³/mol. The summed E-state index contributed by atoms with van der Waals surface area (Å²) in [6.07, 6.45) is 0.599. The number of carbonyl (C=O) groups is 1. The van der Waals surface area contributed by atoms with Crippen molar-refractivity contribution < 1.29 is 18.1 Å². The molecular formula is C17H17N3O5S. The van der Waals surface area contributed by atoms with E-state index in [0.717, 1.165) is 11.3 Å². The summed E-state index contributed by atoms with van der Waals surface area (Å²) in [6, 6.07) is 10.6. The van der Waals surface area contributed by atoms with Gasteiger partial charge in [0, 0.05) is 31.4 Å². The number of nitro benzene ring substituents is 1. The lowest BCUT2D eigenvalue weighted by atomic mass is 10.1. The summed E-state index contributed by atoms with van der Waals surface area (Å²) >= 11 is 0. The molecule has 0 aromatic heterocycles. The molecule has 1 heterocycles. The van der Waals surface area contributed by atoms with E-state index in [-0.39, 0.29) is 29.5 Å². The second-order valence-electron chi connectivity index (χ2n) is 5.99. The number of non-ortho nitro benzene ring substituents is 1. The van der Waals surface area contributed by atoms with Crippen LogP contribution in [-0.4, -0.2) is 32.8 Å². The Kier molecular flexibility index (Phi) is 4.75.